The fourth-order valence-corrected chi connectivity index (χ4v) is 4.81. The molecule has 0 radical (unpaired) electrons. The maximum absolute atomic E-state index is 4.66. The van der Waals surface area contributed by atoms with Crippen molar-refractivity contribution in [2.75, 3.05) is 0 Å². The zero-order valence-corrected chi connectivity index (χ0v) is 19.8. The fraction of sp³-hybridized carbons (Fsp3) is 0.100. The van der Waals surface area contributed by atoms with Crippen LogP contribution in [0.5, 0.6) is 0 Å². The Morgan fingerprint density at radius 2 is 1.34 bits per heavy atom. The maximum atomic E-state index is 4.66. The molecule has 1 nitrogen and oxygen atoms in total. The van der Waals surface area contributed by atoms with Gasteiger partial charge in [0.2, 0.25) is 0 Å². The molecule has 0 aliphatic carbocycles. The van der Waals surface area contributed by atoms with Crippen molar-refractivity contribution >= 4 is 26.8 Å². The van der Waals surface area contributed by atoms with E-state index in [9.17, 15) is 0 Å². The van der Waals surface area contributed by atoms with Gasteiger partial charge >= 0.3 is 0 Å². The molecule has 0 amide bonds. The van der Waals surface area contributed by atoms with E-state index < -0.39 is 0 Å². The molecule has 0 aliphatic heterocycles. The van der Waals surface area contributed by atoms with Gasteiger partial charge < -0.3 is 0 Å². The molecule has 0 spiro atoms. The van der Waals surface area contributed by atoms with Gasteiger partial charge in [-0.05, 0) is 46.0 Å². The summed E-state index contributed by atoms with van der Waals surface area (Å²) in [4.78, 5) is 4.66. The lowest BCUT2D eigenvalue weighted by Gasteiger charge is -2.27. The van der Waals surface area contributed by atoms with Crippen molar-refractivity contribution in [2.45, 2.75) is 19.3 Å². The zero-order valence-electron chi connectivity index (χ0n) is 18.2. The first kappa shape index (κ1) is 20.7. The van der Waals surface area contributed by atoms with E-state index in [4.69, 9.17) is 0 Å². The van der Waals surface area contributed by atoms with Crippen molar-refractivity contribution in [3.63, 3.8) is 0 Å². The van der Waals surface area contributed by atoms with Crippen LogP contribution in [0.2, 0.25) is 0 Å². The summed E-state index contributed by atoms with van der Waals surface area (Å²) >= 11 is 3.76. The van der Waals surface area contributed by atoms with Crippen LogP contribution in [-0.2, 0) is 5.41 Å². The van der Waals surface area contributed by atoms with Gasteiger partial charge in [0.05, 0.1) is 5.52 Å². The highest BCUT2D eigenvalue weighted by Crippen LogP contribution is 2.38. The van der Waals surface area contributed by atoms with E-state index in [1.165, 1.54) is 27.8 Å². The summed E-state index contributed by atoms with van der Waals surface area (Å²) in [6.07, 6.45) is 1.86. The predicted molar refractivity (Wildman–Crippen MR) is 139 cm³/mol. The van der Waals surface area contributed by atoms with Gasteiger partial charge in [0.25, 0.3) is 0 Å². The molecule has 156 valence electrons. The monoisotopic (exact) mass is 477 g/mol. The average molecular weight is 478 g/mol. The highest BCUT2D eigenvalue weighted by molar-refractivity contribution is 9.10. The Labute approximate surface area is 197 Å². The zero-order chi connectivity index (χ0) is 22.1. The molecule has 2 heteroatoms. The van der Waals surface area contributed by atoms with Crippen LogP contribution in [0.1, 0.15) is 25.0 Å². The van der Waals surface area contributed by atoms with Crippen molar-refractivity contribution < 1.29 is 0 Å². The second-order valence-corrected chi connectivity index (χ2v) is 9.59. The fourth-order valence-electron chi connectivity index (χ4n) is 4.32. The highest BCUT2D eigenvalue weighted by Gasteiger charge is 2.24. The third-order valence-electron chi connectivity index (χ3n) is 6.28. The number of nitrogens with zero attached hydrogens (tertiary/aromatic N) is 1. The van der Waals surface area contributed by atoms with Crippen LogP contribution in [0.4, 0.5) is 0 Å². The number of para-hydroxylation sites is 1. The number of pyridine rings is 1. The molecule has 0 saturated heterocycles. The van der Waals surface area contributed by atoms with E-state index in [0.29, 0.717) is 0 Å². The lowest BCUT2D eigenvalue weighted by molar-refractivity contribution is 0.641. The van der Waals surface area contributed by atoms with Gasteiger partial charge in [-0.1, -0.05) is 115 Å². The van der Waals surface area contributed by atoms with E-state index in [1.54, 1.807) is 0 Å². The number of hydrogen-bond donors (Lipinski definition) is 0. The van der Waals surface area contributed by atoms with Crippen LogP contribution in [0, 0.1) is 0 Å². The molecule has 0 fully saturated rings. The van der Waals surface area contributed by atoms with Crippen LogP contribution in [-0.4, -0.2) is 4.98 Å². The molecular formula is C30H24BrN. The Kier molecular flexibility index (Phi) is 5.40. The van der Waals surface area contributed by atoms with E-state index in [0.717, 1.165) is 20.9 Å². The molecule has 1 aromatic heterocycles. The average Bonchev–Trinajstić information content (AvgIpc) is 2.84. The Morgan fingerprint density at radius 1 is 0.625 bits per heavy atom. The van der Waals surface area contributed by atoms with E-state index in [-0.39, 0.29) is 5.41 Å². The molecule has 4 aromatic carbocycles. The molecule has 1 heterocycles. The van der Waals surface area contributed by atoms with Gasteiger partial charge in [0.1, 0.15) is 0 Å². The standard InChI is InChI=1S/C30H24BrN/c1-30(2,25-15-13-22(14-16-25)21-8-4-3-5-9-21)26-18-24(19-27(31)20-26)28-12-6-10-23-11-7-17-32-29(23)28/h3-20H,1-2H3. The Hall–Kier alpha value is -3.23. The van der Waals surface area contributed by atoms with Gasteiger partial charge in [0.15, 0.2) is 0 Å². The van der Waals surface area contributed by atoms with Crippen LogP contribution < -0.4 is 0 Å². The Morgan fingerprint density at radius 3 is 2.12 bits per heavy atom. The summed E-state index contributed by atoms with van der Waals surface area (Å²) < 4.78 is 1.08. The van der Waals surface area contributed by atoms with Crippen molar-refractivity contribution in [3.05, 3.63) is 125 Å². The van der Waals surface area contributed by atoms with Gasteiger partial charge in [-0.25, -0.2) is 0 Å². The van der Waals surface area contributed by atoms with Crippen LogP contribution in [0.25, 0.3) is 33.2 Å². The third-order valence-corrected chi connectivity index (χ3v) is 6.73. The van der Waals surface area contributed by atoms with Crippen LogP contribution in [0.15, 0.2) is 114 Å². The SMILES string of the molecule is CC(C)(c1ccc(-c2ccccc2)cc1)c1cc(Br)cc(-c2cccc3cccnc23)c1. The van der Waals surface area contributed by atoms with E-state index >= 15 is 0 Å². The molecule has 0 aliphatic rings. The third kappa shape index (κ3) is 3.87. The Bertz CT molecular complexity index is 1380. The first-order chi connectivity index (χ1) is 15.5. The normalized spacial score (nSPS) is 11.6. The van der Waals surface area contributed by atoms with Crippen molar-refractivity contribution in [3.8, 4) is 22.3 Å². The summed E-state index contributed by atoms with van der Waals surface area (Å²) in [6.45, 7) is 4.58. The number of benzene rings is 4. The number of halogens is 1. The number of fused-ring (bicyclic) bond motifs is 1. The highest BCUT2D eigenvalue weighted by atomic mass is 79.9. The second kappa shape index (κ2) is 8.37. The molecule has 0 atom stereocenters. The molecule has 0 bridgehead atoms. The summed E-state index contributed by atoms with van der Waals surface area (Å²) in [5.41, 5.74) is 8.25. The summed E-state index contributed by atoms with van der Waals surface area (Å²) in [7, 11) is 0. The first-order valence-corrected chi connectivity index (χ1v) is 11.6. The van der Waals surface area contributed by atoms with Crippen LogP contribution in [0.3, 0.4) is 0 Å². The Balaban J connectivity index is 1.56. The van der Waals surface area contributed by atoms with Crippen molar-refractivity contribution in [1.29, 1.82) is 0 Å². The lowest BCUT2D eigenvalue weighted by Crippen LogP contribution is -2.19. The number of aromatic nitrogens is 1. The van der Waals surface area contributed by atoms with Crippen molar-refractivity contribution in [2.24, 2.45) is 0 Å². The van der Waals surface area contributed by atoms with Gasteiger partial charge in [-0.15, -0.1) is 0 Å². The summed E-state index contributed by atoms with van der Waals surface area (Å²) in [5, 5.41) is 1.15. The minimum absolute atomic E-state index is 0.147. The largest absolute Gasteiger partial charge is 0.256 e. The predicted octanol–water partition coefficient (Wildman–Crippen LogP) is 8.66. The number of rotatable bonds is 4. The summed E-state index contributed by atoms with van der Waals surface area (Å²) in [6, 6.07) is 36.7. The topological polar surface area (TPSA) is 12.9 Å². The minimum Gasteiger partial charge on any atom is -0.256 e. The molecule has 5 rings (SSSR count). The quantitative estimate of drug-likeness (QED) is 0.252. The van der Waals surface area contributed by atoms with Crippen LogP contribution >= 0.6 is 15.9 Å². The number of hydrogen-bond acceptors (Lipinski definition) is 1. The van der Waals surface area contributed by atoms with Crippen molar-refractivity contribution in [1.82, 2.24) is 4.98 Å². The van der Waals surface area contributed by atoms with E-state index in [1.807, 2.05) is 12.3 Å². The molecular weight excluding hydrogens is 454 g/mol. The van der Waals surface area contributed by atoms with Gasteiger partial charge in [-0.3, -0.25) is 4.98 Å². The molecule has 0 saturated carbocycles. The first-order valence-electron chi connectivity index (χ1n) is 10.8. The van der Waals surface area contributed by atoms with Gasteiger partial charge in [0, 0.05) is 27.0 Å². The molecule has 5 aromatic rings. The lowest BCUT2D eigenvalue weighted by atomic mass is 9.77. The molecule has 0 unspecified atom stereocenters. The molecule has 0 N–H and O–H groups in total. The minimum atomic E-state index is -0.147. The van der Waals surface area contributed by atoms with E-state index in [2.05, 4.69) is 132 Å². The second-order valence-electron chi connectivity index (χ2n) is 8.68. The smallest absolute Gasteiger partial charge is 0.0780 e. The summed E-state index contributed by atoms with van der Waals surface area (Å²) in [5.74, 6) is 0. The maximum Gasteiger partial charge on any atom is 0.0780 e. The van der Waals surface area contributed by atoms with Gasteiger partial charge in [-0.2, -0.15) is 0 Å². The molecule has 32 heavy (non-hydrogen) atoms.